The van der Waals surface area contributed by atoms with Crippen molar-refractivity contribution in [2.45, 2.75) is 51.7 Å². The second-order valence-electron chi connectivity index (χ2n) is 8.19. The number of hydrogen-bond acceptors (Lipinski definition) is 4. The van der Waals surface area contributed by atoms with Gasteiger partial charge in [0, 0.05) is 32.2 Å². The fraction of sp³-hybridized carbons (Fsp3) is 0.650. The third kappa shape index (κ3) is 10.6. The molecule has 0 atom stereocenters. The lowest BCUT2D eigenvalue weighted by Gasteiger charge is -2.26. The summed E-state index contributed by atoms with van der Waals surface area (Å²) in [6.45, 7) is 8.17. The first kappa shape index (κ1) is 26.1. The van der Waals surface area contributed by atoms with Gasteiger partial charge in [0.25, 0.3) is 0 Å². The molecule has 1 aliphatic rings. The molecule has 0 amide bonds. The van der Waals surface area contributed by atoms with E-state index in [2.05, 4.69) is 49.5 Å². The highest BCUT2D eigenvalue weighted by Gasteiger charge is 2.22. The van der Waals surface area contributed by atoms with Crippen LogP contribution < -0.4 is 15.4 Å². The minimum Gasteiger partial charge on any atom is -0.355 e. The smallest absolute Gasteiger partial charge is 0.209 e. The summed E-state index contributed by atoms with van der Waals surface area (Å²) in [7, 11) is -1.56. The molecular weight excluding hydrogens is 501 g/mol. The number of likely N-dealkylation sites (tertiary alicyclic amines) is 1. The van der Waals surface area contributed by atoms with Crippen LogP contribution in [0.15, 0.2) is 29.3 Å². The molecule has 0 aliphatic carbocycles. The molecule has 2 rings (SSSR count). The van der Waals surface area contributed by atoms with Crippen molar-refractivity contribution in [3.8, 4) is 0 Å². The molecule has 166 valence electrons. The van der Waals surface area contributed by atoms with Gasteiger partial charge in [-0.3, -0.25) is 9.89 Å². The quantitative estimate of drug-likeness (QED) is 0.269. The van der Waals surface area contributed by atoms with E-state index in [4.69, 9.17) is 0 Å². The number of halogens is 1. The highest BCUT2D eigenvalue weighted by Crippen LogP contribution is 2.13. The van der Waals surface area contributed by atoms with E-state index in [-0.39, 0.29) is 24.0 Å². The number of sulfonamides is 1. The highest BCUT2D eigenvalue weighted by atomic mass is 127. The second kappa shape index (κ2) is 12.1. The summed E-state index contributed by atoms with van der Waals surface area (Å²) in [5.41, 5.74) is 1.92. The molecular formula is C20H36IN5O2S. The molecule has 1 aliphatic heterocycles. The standard InChI is InChI=1S/C20H35N5O2S.HI/c1-20(2,24-28(4,26)27)16-23-19(21-3)22-14-17-8-10-18(11-9-17)15-25-12-6-5-7-13-25;/h8-11,24H,5-7,12-16H2,1-4H3,(H2,21,22,23);1H. The zero-order valence-electron chi connectivity index (χ0n) is 18.0. The number of nitrogens with zero attached hydrogens (tertiary/aromatic N) is 2. The van der Waals surface area contributed by atoms with E-state index in [0.29, 0.717) is 19.0 Å². The molecule has 0 spiro atoms. The molecule has 1 heterocycles. The Hall–Kier alpha value is -0.910. The van der Waals surface area contributed by atoms with E-state index < -0.39 is 15.6 Å². The van der Waals surface area contributed by atoms with Crippen LogP contribution in [0, 0.1) is 0 Å². The molecule has 9 heteroatoms. The number of hydrogen-bond donors (Lipinski definition) is 3. The summed E-state index contributed by atoms with van der Waals surface area (Å²) in [4.78, 5) is 6.73. The van der Waals surface area contributed by atoms with Crippen molar-refractivity contribution in [1.82, 2.24) is 20.3 Å². The molecule has 0 saturated carbocycles. The minimum atomic E-state index is -3.26. The Balaban J connectivity index is 0.00000420. The van der Waals surface area contributed by atoms with Crippen molar-refractivity contribution in [2.24, 2.45) is 4.99 Å². The third-order valence-corrected chi connectivity index (χ3v) is 5.64. The predicted octanol–water partition coefficient (Wildman–Crippen LogP) is 2.28. The maximum Gasteiger partial charge on any atom is 0.209 e. The van der Waals surface area contributed by atoms with Crippen molar-refractivity contribution in [1.29, 1.82) is 0 Å². The van der Waals surface area contributed by atoms with Gasteiger partial charge in [0.1, 0.15) is 0 Å². The molecule has 0 bridgehead atoms. The molecule has 0 radical (unpaired) electrons. The van der Waals surface area contributed by atoms with Crippen LogP contribution in [-0.4, -0.2) is 57.8 Å². The van der Waals surface area contributed by atoms with Crippen LogP contribution in [0.5, 0.6) is 0 Å². The summed E-state index contributed by atoms with van der Waals surface area (Å²) >= 11 is 0. The number of rotatable bonds is 8. The molecule has 1 saturated heterocycles. The fourth-order valence-electron chi connectivity index (χ4n) is 3.39. The lowest BCUT2D eigenvalue weighted by atomic mass is 10.1. The van der Waals surface area contributed by atoms with E-state index >= 15 is 0 Å². The molecule has 3 N–H and O–H groups in total. The molecule has 1 aromatic rings. The summed E-state index contributed by atoms with van der Waals surface area (Å²) in [6.07, 6.45) is 5.14. The van der Waals surface area contributed by atoms with Crippen LogP contribution in [0.3, 0.4) is 0 Å². The molecule has 1 aromatic carbocycles. The first-order valence-corrected chi connectivity index (χ1v) is 11.8. The van der Waals surface area contributed by atoms with Crippen molar-refractivity contribution in [3.63, 3.8) is 0 Å². The van der Waals surface area contributed by atoms with Gasteiger partial charge in [-0.25, -0.2) is 13.1 Å². The fourth-order valence-corrected chi connectivity index (χ4v) is 4.46. The summed E-state index contributed by atoms with van der Waals surface area (Å²) in [6, 6.07) is 8.69. The zero-order valence-corrected chi connectivity index (χ0v) is 21.1. The summed E-state index contributed by atoms with van der Waals surface area (Å²) in [5.74, 6) is 0.640. The average Bonchev–Trinajstić information content (AvgIpc) is 2.62. The summed E-state index contributed by atoms with van der Waals surface area (Å²) in [5, 5.41) is 6.45. The lowest BCUT2D eigenvalue weighted by molar-refractivity contribution is 0.221. The Morgan fingerprint density at radius 2 is 1.66 bits per heavy atom. The van der Waals surface area contributed by atoms with Gasteiger partial charge in [0.2, 0.25) is 10.0 Å². The van der Waals surface area contributed by atoms with E-state index in [9.17, 15) is 8.42 Å². The van der Waals surface area contributed by atoms with Crippen LogP contribution in [0.2, 0.25) is 0 Å². The first-order chi connectivity index (χ1) is 13.2. The maximum atomic E-state index is 11.4. The largest absolute Gasteiger partial charge is 0.355 e. The average molecular weight is 538 g/mol. The van der Waals surface area contributed by atoms with Gasteiger partial charge in [-0.2, -0.15) is 0 Å². The molecule has 29 heavy (non-hydrogen) atoms. The molecule has 7 nitrogen and oxygen atoms in total. The normalized spacial score (nSPS) is 16.2. The van der Waals surface area contributed by atoms with Gasteiger partial charge >= 0.3 is 0 Å². The van der Waals surface area contributed by atoms with Crippen molar-refractivity contribution < 1.29 is 8.42 Å². The van der Waals surface area contributed by atoms with Crippen molar-refractivity contribution in [3.05, 3.63) is 35.4 Å². The first-order valence-electron chi connectivity index (χ1n) is 9.90. The third-order valence-electron chi connectivity index (χ3n) is 4.72. The Kier molecular flexibility index (Phi) is 10.9. The summed E-state index contributed by atoms with van der Waals surface area (Å²) < 4.78 is 25.5. The lowest BCUT2D eigenvalue weighted by Crippen LogP contribution is -2.52. The van der Waals surface area contributed by atoms with Gasteiger partial charge in [0.15, 0.2) is 5.96 Å². The number of piperidine rings is 1. The Morgan fingerprint density at radius 3 is 2.21 bits per heavy atom. The SMILES string of the molecule is CN=C(NCc1ccc(CN2CCCCC2)cc1)NCC(C)(C)NS(C)(=O)=O.I. The number of nitrogens with one attached hydrogen (secondary N) is 3. The van der Waals surface area contributed by atoms with Gasteiger partial charge in [0.05, 0.1) is 6.26 Å². The van der Waals surface area contributed by atoms with Gasteiger partial charge in [-0.15, -0.1) is 24.0 Å². The van der Waals surface area contributed by atoms with E-state index in [1.54, 1.807) is 7.05 Å². The highest BCUT2D eigenvalue weighted by molar-refractivity contribution is 14.0. The maximum absolute atomic E-state index is 11.4. The number of guanidine groups is 1. The van der Waals surface area contributed by atoms with Crippen LogP contribution in [0.4, 0.5) is 0 Å². The van der Waals surface area contributed by atoms with Gasteiger partial charge in [-0.1, -0.05) is 30.7 Å². The van der Waals surface area contributed by atoms with Gasteiger partial charge in [-0.05, 0) is 50.9 Å². The van der Waals surface area contributed by atoms with E-state index in [1.807, 2.05) is 13.8 Å². The molecule has 0 aromatic heterocycles. The monoisotopic (exact) mass is 537 g/mol. The number of aliphatic imine (C=N–C) groups is 1. The predicted molar refractivity (Wildman–Crippen MR) is 131 cm³/mol. The van der Waals surface area contributed by atoms with Crippen molar-refractivity contribution in [2.75, 3.05) is 32.9 Å². The number of benzene rings is 1. The Bertz CT molecular complexity index is 745. The van der Waals surface area contributed by atoms with Gasteiger partial charge < -0.3 is 10.6 Å². The van der Waals surface area contributed by atoms with Crippen molar-refractivity contribution >= 4 is 40.0 Å². The molecule has 1 fully saturated rings. The van der Waals surface area contributed by atoms with Crippen LogP contribution >= 0.6 is 24.0 Å². The minimum absolute atomic E-state index is 0. The topological polar surface area (TPSA) is 85.8 Å². The molecule has 0 unspecified atom stereocenters. The van der Waals surface area contributed by atoms with Crippen LogP contribution in [0.1, 0.15) is 44.2 Å². The van der Waals surface area contributed by atoms with E-state index in [0.717, 1.165) is 12.8 Å². The Morgan fingerprint density at radius 1 is 1.07 bits per heavy atom. The zero-order chi connectivity index (χ0) is 20.6. The Labute approximate surface area is 193 Å². The van der Waals surface area contributed by atoms with Crippen LogP contribution in [-0.2, 0) is 23.1 Å². The second-order valence-corrected chi connectivity index (χ2v) is 9.94. The van der Waals surface area contributed by atoms with Crippen LogP contribution in [0.25, 0.3) is 0 Å². The van der Waals surface area contributed by atoms with E-state index in [1.165, 1.54) is 43.5 Å².